The Kier molecular flexibility index (Phi) is 3.39. The quantitative estimate of drug-likeness (QED) is 0.767. The van der Waals surface area contributed by atoms with Gasteiger partial charge in [0.25, 0.3) is 0 Å². The van der Waals surface area contributed by atoms with E-state index >= 15 is 0 Å². The number of nitrogens with zero attached hydrogens (tertiary/aromatic N) is 1. The molecule has 98 valence electrons. The fraction of sp³-hybridized carbons (Fsp3) is 1.00. The molecule has 0 amide bonds. The predicted octanol–water partition coefficient (Wildman–Crippen LogP) is 0.618. The SMILES string of the molecule is CN(C1CCNC1)C1CCOC2(CCOC2)C1. The highest BCUT2D eigenvalue weighted by atomic mass is 16.6. The van der Waals surface area contributed by atoms with Gasteiger partial charge in [-0.2, -0.15) is 0 Å². The highest BCUT2D eigenvalue weighted by Gasteiger charge is 2.42. The average molecular weight is 240 g/mol. The minimum atomic E-state index is 0.0449. The van der Waals surface area contributed by atoms with Crippen molar-refractivity contribution in [3.05, 3.63) is 0 Å². The predicted molar refractivity (Wildman–Crippen MR) is 66.2 cm³/mol. The van der Waals surface area contributed by atoms with E-state index in [1.54, 1.807) is 0 Å². The largest absolute Gasteiger partial charge is 0.378 e. The Morgan fingerprint density at radius 3 is 2.88 bits per heavy atom. The molecule has 1 spiro atoms. The van der Waals surface area contributed by atoms with Crippen molar-refractivity contribution in [1.29, 1.82) is 0 Å². The molecule has 17 heavy (non-hydrogen) atoms. The van der Waals surface area contributed by atoms with Crippen molar-refractivity contribution >= 4 is 0 Å². The van der Waals surface area contributed by atoms with Crippen LogP contribution in [0.3, 0.4) is 0 Å². The van der Waals surface area contributed by atoms with Crippen LogP contribution in [0, 0.1) is 0 Å². The number of ether oxygens (including phenoxy) is 2. The molecule has 0 bridgehead atoms. The summed E-state index contributed by atoms with van der Waals surface area (Å²) in [6, 6.07) is 1.40. The molecule has 3 atom stereocenters. The van der Waals surface area contributed by atoms with E-state index in [4.69, 9.17) is 9.47 Å². The van der Waals surface area contributed by atoms with E-state index in [2.05, 4.69) is 17.3 Å². The molecule has 3 heterocycles. The molecular weight excluding hydrogens is 216 g/mol. The summed E-state index contributed by atoms with van der Waals surface area (Å²) in [6.45, 7) is 4.91. The maximum Gasteiger partial charge on any atom is 0.0951 e. The molecule has 0 aromatic rings. The monoisotopic (exact) mass is 240 g/mol. The zero-order valence-electron chi connectivity index (χ0n) is 10.8. The summed E-state index contributed by atoms with van der Waals surface area (Å²) < 4.78 is 11.5. The third-order valence-electron chi connectivity index (χ3n) is 4.72. The molecule has 3 unspecified atom stereocenters. The maximum atomic E-state index is 6.00. The summed E-state index contributed by atoms with van der Waals surface area (Å²) >= 11 is 0. The average Bonchev–Trinajstić information content (AvgIpc) is 3.00. The van der Waals surface area contributed by atoms with Gasteiger partial charge in [-0.15, -0.1) is 0 Å². The van der Waals surface area contributed by atoms with E-state index in [1.165, 1.54) is 19.4 Å². The van der Waals surface area contributed by atoms with Crippen molar-refractivity contribution < 1.29 is 9.47 Å². The Bertz CT molecular complexity index is 260. The van der Waals surface area contributed by atoms with Crippen molar-refractivity contribution in [3.63, 3.8) is 0 Å². The zero-order valence-corrected chi connectivity index (χ0v) is 10.8. The van der Waals surface area contributed by atoms with Crippen LogP contribution in [-0.4, -0.2) is 62.5 Å². The first kappa shape index (κ1) is 11.9. The number of rotatable bonds is 2. The Hall–Kier alpha value is -0.160. The van der Waals surface area contributed by atoms with Gasteiger partial charge < -0.3 is 14.8 Å². The lowest BCUT2D eigenvalue weighted by Gasteiger charge is -2.42. The topological polar surface area (TPSA) is 33.7 Å². The molecule has 0 radical (unpaired) electrons. The molecular formula is C13H24N2O2. The van der Waals surface area contributed by atoms with Gasteiger partial charge in [0.15, 0.2) is 0 Å². The second-order valence-electron chi connectivity index (χ2n) is 5.79. The smallest absolute Gasteiger partial charge is 0.0951 e. The van der Waals surface area contributed by atoms with Crippen LogP contribution < -0.4 is 5.32 Å². The molecule has 0 aromatic carbocycles. The first-order valence-electron chi connectivity index (χ1n) is 6.93. The number of hydrogen-bond donors (Lipinski definition) is 1. The van der Waals surface area contributed by atoms with Gasteiger partial charge in [-0.1, -0.05) is 0 Å². The lowest BCUT2D eigenvalue weighted by atomic mass is 9.88. The van der Waals surface area contributed by atoms with Crippen LogP contribution in [0.1, 0.15) is 25.7 Å². The van der Waals surface area contributed by atoms with Crippen molar-refractivity contribution in [3.8, 4) is 0 Å². The minimum absolute atomic E-state index is 0.0449. The normalized spacial score (nSPS) is 42.7. The first-order valence-corrected chi connectivity index (χ1v) is 6.93. The van der Waals surface area contributed by atoms with Gasteiger partial charge in [0.2, 0.25) is 0 Å². The standard InChI is InChI=1S/C13H24N2O2/c1-15(12-2-5-14-9-12)11-3-6-17-13(8-11)4-7-16-10-13/h11-12,14H,2-10H2,1H3. The highest BCUT2D eigenvalue weighted by molar-refractivity contribution is 4.95. The van der Waals surface area contributed by atoms with E-state index in [-0.39, 0.29) is 5.60 Å². The van der Waals surface area contributed by atoms with Gasteiger partial charge in [0, 0.05) is 38.3 Å². The molecule has 4 heteroatoms. The third-order valence-corrected chi connectivity index (χ3v) is 4.72. The molecule has 0 aromatic heterocycles. The Morgan fingerprint density at radius 1 is 1.24 bits per heavy atom. The Balaban J connectivity index is 1.62. The second kappa shape index (κ2) is 4.84. The fourth-order valence-corrected chi connectivity index (χ4v) is 3.50. The zero-order chi connectivity index (χ0) is 11.7. The van der Waals surface area contributed by atoms with Gasteiger partial charge in [-0.25, -0.2) is 0 Å². The molecule has 4 nitrogen and oxygen atoms in total. The fourth-order valence-electron chi connectivity index (χ4n) is 3.50. The summed E-state index contributed by atoms with van der Waals surface area (Å²) in [6.07, 6.45) is 4.70. The van der Waals surface area contributed by atoms with Crippen molar-refractivity contribution in [2.24, 2.45) is 0 Å². The van der Waals surface area contributed by atoms with Crippen LogP contribution in [-0.2, 0) is 9.47 Å². The van der Waals surface area contributed by atoms with Gasteiger partial charge in [0.05, 0.1) is 12.2 Å². The van der Waals surface area contributed by atoms with Gasteiger partial charge in [-0.3, -0.25) is 4.90 Å². The molecule has 0 saturated carbocycles. The van der Waals surface area contributed by atoms with Crippen LogP contribution >= 0.6 is 0 Å². The van der Waals surface area contributed by atoms with Gasteiger partial charge in [0.1, 0.15) is 0 Å². The number of hydrogen-bond acceptors (Lipinski definition) is 4. The van der Waals surface area contributed by atoms with E-state index in [9.17, 15) is 0 Å². The molecule has 3 aliphatic heterocycles. The summed E-state index contributed by atoms with van der Waals surface area (Å²) in [5, 5.41) is 3.46. The van der Waals surface area contributed by atoms with Crippen LogP contribution in [0.2, 0.25) is 0 Å². The second-order valence-corrected chi connectivity index (χ2v) is 5.79. The lowest BCUT2D eigenvalue weighted by Crippen LogP contribution is -2.51. The third kappa shape index (κ3) is 2.36. The first-order chi connectivity index (χ1) is 8.29. The van der Waals surface area contributed by atoms with Crippen molar-refractivity contribution in [2.45, 2.75) is 43.4 Å². The molecule has 3 aliphatic rings. The summed E-state index contributed by atoms with van der Waals surface area (Å²) in [4.78, 5) is 2.59. The summed E-state index contributed by atoms with van der Waals surface area (Å²) in [5.41, 5.74) is 0.0449. The molecule has 3 rings (SSSR count). The van der Waals surface area contributed by atoms with Crippen molar-refractivity contribution in [1.82, 2.24) is 10.2 Å². The van der Waals surface area contributed by atoms with E-state index in [0.717, 1.165) is 45.2 Å². The van der Waals surface area contributed by atoms with Crippen LogP contribution in [0.5, 0.6) is 0 Å². The lowest BCUT2D eigenvalue weighted by molar-refractivity contribution is -0.107. The van der Waals surface area contributed by atoms with Gasteiger partial charge in [-0.05, 0) is 32.9 Å². The maximum absolute atomic E-state index is 6.00. The minimum Gasteiger partial charge on any atom is -0.378 e. The van der Waals surface area contributed by atoms with E-state index < -0.39 is 0 Å². The molecule has 3 saturated heterocycles. The van der Waals surface area contributed by atoms with Crippen molar-refractivity contribution in [2.75, 3.05) is 40.0 Å². The van der Waals surface area contributed by atoms with E-state index in [1.807, 2.05) is 0 Å². The number of likely N-dealkylation sites (N-methyl/N-ethyl adjacent to an activating group) is 1. The molecule has 0 aliphatic carbocycles. The molecule has 3 fully saturated rings. The van der Waals surface area contributed by atoms with Gasteiger partial charge >= 0.3 is 0 Å². The Morgan fingerprint density at radius 2 is 2.18 bits per heavy atom. The molecule has 1 N–H and O–H groups in total. The van der Waals surface area contributed by atoms with Crippen LogP contribution in [0.25, 0.3) is 0 Å². The summed E-state index contributed by atoms with van der Waals surface area (Å²) in [5.74, 6) is 0. The van der Waals surface area contributed by atoms with E-state index in [0.29, 0.717) is 6.04 Å². The van der Waals surface area contributed by atoms with Crippen LogP contribution in [0.4, 0.5) is 0 Å². The highest BCUT2D eigenvalue weighted by Crippen LogP contribution is 2.35. The number of nitrogens with one attached hydrogen (secondary N) is 1. The summed E-state index contributed by atoms with van der Waals surface area (Å²) in [7, 11) is 2.29. The van der Waals surface area contributed by atoms with Crippen LogP contribution in [0.15, 0.2) is 0 Å². The Labute approximate surface area is 104 Å².